The van der Waals surface area contributed by atoms with Crippen LogP contribution in [-0.2, 0) is 14.3 Å². The summed E-state index contributed by atoms with van der Waals surface area (Å²) in [6.45, 7) is 2.38. The second kappa shape index (κ2) is 20.3. The number of hydrogen-bond acceptors (Lipinski definition) is 9. The van der Waals surface area contributed by atoms with Crippen LogP contribution in [0, 0.1) is 19.9 Å². The molecule has 3 aromatic rings. The molecule has 0 saturated carbocycles. The number of fused-ring (bicyclic) bond motifs is 2. The maximum atomic E-state index is 12.6. The second-order valence-electron chi connectivity index (χ2n) is 10.2. The molecule has 0 spiro atoms. The van der Waals surface area contributed by atoms with E-state index in [-0.39, 0.29) is 76.7 Å². The number of nitrogen functional groups attached to an aromatic ring is 2. The van der Waals surface area contributed by atoms with E-state index in [1.54, 1.807) is 60.7 Å². The average Bonchev–Trinajstić information content (AvgIpc) is 3.03. The van der Waals surface area contributed by atoms with E-state index in [0.29, 0.717) is 53.0 Å². The number of nitrogens with two attached hydrogens (primary N) is 3. The minimum Gasteiger partial charge on any atom is -0.665 e. The minimum absolute atomic E-state index is 0. The molecule has 1 unspecified atom stereocenters. The molecule has 0 fully saturated rings. The van der Waals surface area contributed by atoms with Crippen molar-refractivity contribution >= 4 is 46.3 Å². The summed E-state index contributed by atoms with van der Waals surface area (Å²) in [6, 6.07) is 25.0. The molecule has 1 aliphatic heterocycles. The smallest absolute Gasteiger partial charge is 0.665 e. The summed E-state index contributed by atoms with van der Waals surface area (Å²) in [6.07, 6.45) is 1.07. The first-order valence-corrected chi connectivity index (χ1v) is 14.0. The van der Waals surface area contributed by atoms with Crippen molar-refractivity contribution in [2.45, 2.75) is 25.9 Å². The number of nitrogens with one attached hydrogen (secondary N) is 2. The fourth-order valence-corrected chi connectivity index (χ4v) is 4.48. The van der Waals surface area contributed by atoms with Crippen LogP contribution < -0.4 is 79.4 Å². The molecule has 12 nitrogen and oxygen atoms in total. The van der Waals surface area contributed by atoms with Crippen molar-refractivity contribution in [3.05, 3.63) is 110 Å². The molecule has 0 aromatic heterocycles. The predicted octanol–water partition coefficient (Wildman–Crippen LogP) is 2.46. The fourth-order valence-electron chi connectivity index (χ4n) is 4.48. The molecule has 13 heteroatoms. The number of carbonyl (C=O) groups is 2. The first kappa shape index (κ1) is 41.9. The Bertz CT molecular complexity index is 1830. The number of hydrogen-bond donors (Lipinski definition) is 6. The molecule has 48 heavy (non-hydrogen) atoms. The van der Waals surface area contributed by atoms with E-state index < -0.39 is 0 Å². The number of anilines is 3. The molecule has 248 valence electrons. The van der Waals surface area contributed by atoms with Gasteiger partial charge in [-0.3, -0.25) is 14.6 Å². The SMILES string of the molecule is CN(N)C(=O)c1ccccc1-c1c2ccc(=N)cc-2oc2cc(N)ccc12.O=[C-]O.[CH2-]OC(C)CCC(=O)Nc1ccc(N)cc1.[CH3-].[K+]. The molecule has 9 N–H and O–H groups in total. The van der Waals surface area contributed by atoms with Crippen LogP contribution in [0.1, 0.15) is 30.1 Å². The van der Waals surface area contributed by atoms with Gasteiger partial charge in [-0.15, -0.1) is 0 Å². The zero-order valence-electron chi connectivity index (χ0n) is 27.4. The van der Waals surface area contributed by atoms with Crippen LogP contribution in [0.2, 0.25) is 0 Å². The maximum absolute atomic E-state index is 12.6. The Labute approximate surface area is 322 Å². The van der Waals surface area contributed by atoms with Crippen molar-refractivity contribution in [2.75, 3.05) is 23.8 Å². The third kappa shape index (κ3) is 11.6. The molecule has 2 amide bonds. The Morgan fingerprint density at radius 1 is 1.02 bits per heavy atom. The van der Waals surface area contributed by atoms with Crippen molar-refractivity contribution in [3.8, 4) is 22.5 Å². The van der Waals surface area contributed by atoms with E-state index in [2.05, 4.69) is 12.4 Å². The number of carbonyl (C=O) groups excluding carboxylic acids is 2. The molecule has 2 aliphatic rings. The van der Waals surface area contributed by atoms with E-state index in [9.17, 15) is 9.59 Å². The van der Waals surface area contributed by atoms with Crippen molar-refractivity contribution in [3.63, 3.8) is 0 Å². The number of amides is 2. The van der Waals surface area contributed by atoms with Gasteiger partial charge >= 0.3 is 51.4 Å². The topological polar surface area (TPSA) is 211 Å². The second-order valence-corrected chi connectivity index (χ2v) is 10.2. The normalized spacial score (nSPS) is 10.5. The molecule has 3 aromatic carbocycles. The van der Waals surface area contributed by atoms with Crippen molar-refractivity contribution in [1.29, 1.82) is 5.41 Å². The Hall–Kier alpha value is -4.08. The number of hydrazine groups is 1. The van der Waals surface area contributed by atoms with Crippen molar-refractivity contribution in [1.82, 2.24) is 5.01 Å². The van der Waals surface area contributed by atoms with Gasteiger partial charge in [0.25, 0.3) is 5.91 Å². The first-order chi connectivity index (χ1) is 22.0. The van der Waals surface area contributed by atoms with Gasteiger partial charge in [-0.05, 0) is 73.5 Å². The number of nitrogens with zero attached hydrogens (tertiary/aromatic N) is 1. The van der Waals surface area contributed by atoms with Gasteiger partial charge in [0, 0.05) is 70.8 Å². The van der Waals surface area contributed by atoms with Gasteiger partial charge in [-0.1, -0.05) is 24.7 Å². The van der Waals surface area contributed by atoms with Crippen LogP contribution in [0.4, 0.5) is 17.1 Å². The quantitative estimate of drug-likeness (QED) is 0.0284. The van der Waals surface area contributed by atoms with Gasteiger partial charge in [0.2, 0.25) is 5.91 Å². The zero-order chi connectivity index (χ0) is 33.8. The van der Waals surface area contributed by atoms with Gasteiger partial charge in [-0.25, -0.2) is 13.0 Å². The van der Waals surface area contributed by atoms with E-state index >= 15 is 0 Å². The molecule has 0 saturated heterocycles. The summed E-state index contributed by atoms with van der Waals surface area (Å²) in [5.41, 5.74) is 16.9. The number of aliphatic hydroxyl groups excluding tert-OH is 1. The van der Waals surface area contributed by atoms with Crippen molar-refractivity contribution < 1.29 is 80.0 Å². The largest absolute Gasteiger partial charge is 1.00 e. The third-order valence-corrected chi connectivity index (χ3v) is 6.75. The van der Waals surface area contributed by atoms with Gasteiger partial charge < -0.3 is 48.7 Å². The Balaban J connectivity index is 0.000000474. The van der Waals surface area contributed by atoms with Gasteiger partial charge in [-0.2, -0.15) is 0 Å². The standard InChI is InChI=1S/C21H18N4O2.C12H17N2O2.CHO2.CH3.K/c1-25(24)21(26)15-5-3-2-4-14(15)20-16-8-6-12(22)10-18(16)27-19-11-13(23)7-9-17(19)20;1-9(16-2)3-8-12(15)14-11-6-4-10(13)5-7-11;2-1-3;;/h2-11,22H,23-24H2,1H3;4-7,9H,2-3,8,13H2,1H3,(H,14,15);(H,2,3);1H3;/q;3*-1;+1. The monoisotopic (exact) mass is 678 g/mol. The summed E-state index contributed by atoms with van der Waals surface area (Å²) in [5, 5.41) is 19.7. The van der Waals surface area contributed by atoms with Crippen LogP contribution in [0.25, 0.3) is 33.4 Å². The van der Waals surface area contributed by atoms with Gasteiger partial charge in [0.05, 0.1) is 5.36 Å². The summed E-state index contributed by atoms with van der Waals surface area (Å²) < 4.78 is 10.8. The number of ether oxygens (including phenoxy) is 1. The molecule has 5 rings (SSSR count). The molecule has 0 radical (unpaired) electrons. The predicted molar refractivity (Wildman–Crippen MR) is 184 cm³/mol. The van der Waals surface area contributed by atoms with Crippen LogP contribution in [0.15, 0.2) is 89.3 Å². The summed E-state index contributed by atoms with van der Waals surface area (Å²) in [5.74, 6) is 5.93. The summed E-state index contributed by atoms with van der Waals surface area (Å²) >= 11 is 0. The van der Waals surface area contributed by atoms with Gasteiger partial charge in [0.1, 0.15) is 11.3 Å². The molecular weight excluding hydrogens is 640 g/mol. The minimum atomic E-state index is -0.291. The number of benzene rings is 4. The number of rotatable bonds is 7. The zero-order valence-corrected chi connectivity index (χ0v) is 30.6. The van der Waals surface area contributed by atoms with E-state index in [1.807, 2.05) is 31.2 Å². The Kier molecular flexibility index (Phi) is 17.8. The molecular formula is C35H39KN6O6-2. The fraction of sp³-hybridized carbons (Fsp3) is 0.143. The van der Waals surface area contributed by atoms with E-state index in [0.717, 1.165) is 32.8 Å². The van der Waals surface area contributed by atoms with Crippen LogP contribution >= 0.6 is 0 Å². The third-order valence-electron chi connectivity index (χ3n) is 6.75. The van der Waals surface area contributed by atoms with Crippen molar-refractivity contribution in [2.24, 2.45) is 5.84 Å². The van der Waals surface area contributed by atoms with Crippen LogP contribution in [0.5, 0.6) is 0 Å². The van der Waals surface area contributed by atoms with Crippen LogP contribution in [0.3, 0.4) is 0 Å². The molecule has 0 bridgehead atoms. The van der Waals surface area contributed by atoms with E-state index in [1.165, 1.54) is 7.05 Å². The molecule has 1 atom stereocenters. The average molecular weight is 679 g/mol. The first-order valence-electron chi connectivity index (χ1n) is 14.0. The molecule has 1 aliphatic carbocycles. The Morgan fingerprint density at radius 3 is 2.27 bits per heavy atom. The van der Waals surface area contributed by atoms with Gasteiger partial charge in [0.15, 0.2) is 0 Å². The summed E-state index contributed by atoms with van der Waals surface area (Å²) in [4.78, 5) is 32.4. The Morgan fingerprint density at radius 2 is 1.65 bits per heavy atom. The summed E-state index contributed by atoms with van der Waals surface area (Å²) in [7, 11) is 4.83. The van der Waals surface area contributed by atoms with E-state index in [4.69, 9.17) is 41.8 Å². The van der Waals surface area contributed by atoms with Crippen LogP contribution in [-0.4, -0.2) is 41.6 Å². The maximum Gasteiger partial charge on any atom is 1.00 e. The molecule has 1 heterocycles.